The second-order valence-corrected chi connectivity index (χ2v) is 4.00. The standard InChI is InChI=1S/C12H18N2O/c1-10-9-14(7-6-13-10)11-4-3-5-12(8-11)15-2/h3-5,8,10,13H,6-7,9H2,1-2H3/t10-/m0/s1. The lowest BCUT2D eigenvalue weighted by atomic mass is 10.2. The van der Waals surface area contributed by atoms with Gasteiger partial charge in [0.2, 0.25) is 0 Å². The number of benzene rings is 1. The molecule has 1 saturated heterocycles. The second-order valence-electron chi connectivity index (χ2n) is 4.00. The van der Waals surface area contributed by atoms with Crippen LogP contribution in [0.5, 0.6) is 5.75 Å². The highest BCUT2D eigenvalue weighted by Crippen LogP contribution is 2.21. The van der Waals surface area contributed by atoms with Crippen molar-refractivity contribution in [3.8, 4) is 5.75 Å². The van der Waals surface area contributed by atoms with E-state index < -0.39 is 0 Å². The van der Waals surface area contributed by atoms with E-state index in [4.69, 9.17) is 4.74 Å². The molecule has 0 bridgehead atoms. The van der Waals surface area contributed by atoms with E-state index >= 15 is 0 Å². The zero-order valence-electron chi connectivity index (χ0n) is 9.36. The van der Waals surface area contributed by atoms with Crippen LogP contribution in [0, 0.1) is 0 Å². The van der Waals surface area contributed by atoms with Crippen LogP contribution >= 0.6 is 0 Å². The summed E-state index contributed by atoms with van der Waals surface area (Å²) < 4.78 is 5.23. The Morgan fingerprint density at radius 1 is 1.47 bits per heavy atom. The van der Waals surface area contributed by atoms with Crippen molar-refractivity contribution in [2.24, 2.45) is 0 Å². The van der Waals surface area contributed by atoms with E-state index in [1.54, 1.807) is 7.11 Å². The molecule has 2 rings (SSSR count). The molecule has 1 aromatic rings. The smallest absolute Gasteiger partial charge is 0.120 e. The van der Waals surface area contributed by atoms with Gasteiger partial charge in [-0.15, -0.1) is 0 Å². The summed E-state index contributed by atoms with van der Waals surface area (Å²) in [5.74, 6) is 0.929. The summed E-state index contributed by atoms with van der Waals surface area (Å²) in [5.41, 5.74) is 1.25. The average Bonchev–Trinajstić information content (AvgIpc) is 2.29. The maximum atomic E-state index is 5.23. The summed E-state index contributed by atoms with van der Waals surface area (Å²) in [7, 11) is 1.71. The molecule has 1 aliphatic rings. The van der Waals surface area contributed by atoms with Crippen LogP contribution in [0.15, 0.2) is 24.3 Å². The highest BCUT2D eigenvalue weighted by atomic mass is 16.5. The molecular formula is C12H18N2O. The quantitative estimate of drug-likeness (QED) is 0.793. The van der Waals surface area contributed by atoms with E-state index in [2.05, 4.69) is 29.3 Å². The maximum absolute atomic E-state index is 5.23. The Bertz CT molecular complexity index is 327. The van der Waals surface area contributed by atoms with Crippen LogP contribution in [0.2, 0.25) is 0 Å². The Labute approximate surface area is 91.0 Å². The van der Waals surface area contributed by atoms with Crippen LogP contribution in [0.3, 0.4) is 0 Å². The summed E-state index contributed by atoms with van der Waals surface area (Å²) in [4.78, 5) is 2.39. The van der Waals surface area contributed by atoms with E-state index in [0.717, 1.165) is 25.4 Å². The van der Waals surface area contributed by atoms with Crippen LogP contribution in [0.1, 0.15) is 6.92 Å². The van der Waals surface area contributed by atoms with Crippen LogP contribution in [0.4, 0.5) is 5.69 Å². The fourth-order valence-corrected chi connectivity index (χ4v) is 1.97. The minimum absolute atomic E-state index is 0.560. The molecule has 0 spiro atoms. The Morgan fingerprint density at radius 2 is 2.33 bits per heavy atom. The van der Waals surface area contributed by atoms with E-state index in [0.29, 0.717) is 6.04 Å². The molecule has 1 heterocycles. The molecule has 15 heavy (non-hydrogen) atoms. The van der Waals surface area contributed by atoms with Gasteiger partial charge in [-0.05, 0) is 19.1 Å². The summed E-state index contributed by atoms with van der Waals surface area (Å²) in [6.07, 6.45) is 0. The summed E-state index contributed by atoms with van der Waals surface area (Å²) in [6.45, 7) is 5.40. The van der Waals surface area contributed by atoms with Gasteiger partial charge in [-0.2, -0.15) is 0 Å². The fraction of sp³-hybridized carbons (Fsp3) is 0.500. The van der Waals surface area contributed by atoms with Crippen LogP contribution < -0.4 is 15.0 Å². The SMILES string of the molecule is COc1cccc(N2CCN[C@@H](C)C2)c1. The predicted octanol–water partition coefficient (Wildman–Crippen LogP) is 1.49. The van der Waals surface area contributed by atoms with Crippen molar-refractivity contribution in [1.29, 1.82) is 0 Å². The largest absolute Gasteiger partial charge is 0.497 e. The highest BCUT2D eigenvalue weighted by molar-refractivity contribution is 5.51. The lowest BCUT2D eigenvalue weighted by Crippen LogP contribution is -2.49. The van der Waals surface area contributed by atoms with E-state index in [1.165, 1.54) is 5.69 Å². The molecule has 0 radical (unpaired) electrons. The summed E-state index contributed by atoms with van der Waals surface area (Å²) >= 11 is 0. The number of methoxy groups -OCH3 is 1. The molecule has 0 unspecified atom stereocenters. The Hall–Kier alpha value is -1.22. The summed E-state index contributed by atoms with van der Waals surface area (Å²) in [5, 5.41) is 3.44. The van der Waals surface area contributed by atoms with Crippen LogP contribution in [-0.4, -0.2) is 32.8 Å². The molecule has 0 aliphatic carbocycles. The highest BCUT2D eigenvalue weighted by Gasteiger charge is 2.15. The Balaban J connectivity index is 2.13. The van der Waals surface area contributed by atoms with E-state index in [-0.39, 0.29) is 0 Å². The number of rotatable bonds is 2. The second kappa shape index (κ2) is 4.53. The van der Waals surface area contributed by atoms with Crippen molar-refractivity contribution >= 4 is 5.69 Å². The number of anilines is 1. The molecular weight excluding hydrogens is 188 g/mol. The number of nitrogens with zero attached hydrogens (tertiary/aromatic N) is 1. The van der Waals surface area contributed by atoms with Gasteiger partial charge in [-0.3, -0.25) is 0 Å². The van der Waals surface area contributed by atoms with Crippen molar-refractivity contribution in [1.82, 2.24) is 5.32 Å². The average molecular weight is 206 g/mol. The minimum Gasteiger partial charge on any atom is -0.497 e. The summed E-state index contributed by atoms with van der Waals surface area (Å²) in [6, 6.07) is 8.82. The first-order chi connectivity index (χ1) is 7.29. The van der Waals surface area contributed by atoms with Gasteiger partial charge in [-0.25, -0.2) is 0 Å². The van der Waals surface area contributed by atoms with Gasteiger partial charge in [0.25, 0.3) is 0 Å². The van der Waals surface area contributed by atoms with Gasteiger partial charge in [0.15, 0.2) is 0 Å². The third kappa shape index (κ3) is 2.42. The maximum Gasteiger partial charge on any atom is 0.120 e. The number of hydrogen-bond donors (Lipinski definition) is 1. The topological polar surface area (TPSA) is 24.5 Å². The molecule has 3 heteroatoms. The van der Waals surface area contributed by atoms with E-state index in [9.17, 15) is 0 Å². The first-order valence-electron chi connectivity index (χ1n) is 5.42. The van der Waals surface area contributed by atoms with E-state index in [1.807, 2.05) is 12.1 Å². The van der Waals surface area contributed by atoms with Crippen LogP contribution in [-0.2, 0) is 0 Å². The monoisotopic (exact) mass is 206 g/mol. The van der Waals surface area contributed by atoms with Crippen molar-refractivity contribution in [2.45, 2.75) is 13.0 Å². The van der Waals surface area contributed by atoms with Crippen molar-refractivity contribution < 1.29 is 4.74 Å². The predicted molar refractivity (Wildman–Crippen MR) is 62.7 cm³/mol. The molecule has 0 saturated carbocycles. The number of hydrogen-bond acceptors (Lipinski definition) is 3. The van der Waals surface area contributed by atoms with Gasteiger partial charge in [0, 0.05) is 37.4 Å². The Morgan fingerprint density at radius 3 is 3.07 bits per heavy atom. The van der Waals surface area contributed by atoms with Gasteiger partial charge < -0.3 is 15.0 Å². The fourth-order valence-electron chi connectivity index (χ4n) is 1.97. The van der Waals surface area contributed by atoms with Gasteiger partial charge in [0.1, 0.15) is 5.75 Å². The number of ether oxygens (including phenoxy) is 1. The first-order valence-corrected chi connectivity index (χ1v) is 5.42. The molecule has 0 amide bonds. The third-order valence-corrected chi connectivity index (χ3v) is 2.79. The molecule has 1 aromatic carbocycles. The van der Waals surface area contributed by atoms with Gasteiger partial charge >= 0.3 is 0 Å². The van der Waals surface area contributed by atoms with Crippen molar-refractivity contribution in [3.63, 3.8) is 0 Å². The van der Waals surface area contributed by atoms with Crippen molar-refractivity contribution in [2.75, 3.05) is 31.6 Å². The molecule has 1 atom stereocenters. The normalized spacial score (nSPS) is 21.5. The van der Waals surface area contributed by atoms with Crippen LogP contribution in [0.25, 0.3) is 0 Å². The van der Waals surface area contributed by atoms with Crippen molar-refractivity contribution in [3.05, 3.63) is 24.3 Å². The molecule has 1 N–H and O–H groups in total. The Kier molecular flexibility index (Phi) is 3.11. The molecule has 3 nitrogen and oxygen atoms in total. The minimum atomic E-state index is 0.560. The third-order valence-electron chi connectivity index (χ3n) is 2.79. The lowest BCUT2D eigenvalue weighted by Gasteiger charge is -2.33. The molecule has 0 aromatic heterocycles. The number of nitrogens with one attached hydrogen (secondary N) is 1. The molecule has 82 valence electrons. The zero-order valence-corrected chi connectivity index (χ0v) is 9.36. The lowest BCUT2D eigenvalue weighted by molar-refractivity contribution is 0.414. The molecule has 1 fully saturated rings. The number of piperazine rings is 1. The van der Waals surface area contributed by atoms with Gasteiger partial charge in [0.05, 0.1) is 7.11 Å². The zero-order chi connectivity index (χ0) is 10.7. The molecule has 1 aliphatic heterocycles. The van der Waals surface area contributed by atoms with Gasteiger partial charge in [-0.1, -0.05) is 6.07 Å². The first kappa shape index (κ1) is 10.3.